The first kappa shape index (κ1) is 27.0. The van der Waals surface area contributed by atoms with Crippen molar-refractivity contribution in [3.63, 3.8) is 0 Å². The summed E-state index contributed by atoms with van der Waals surface area (Å²) >= 11 is 6.33. The Bertz CT molecular complexity index is 1440. The third-order valence-electron chi connectivity index (χ3n) is 7.60. The van der Waals surface area contributed by atoms with Crippen molar-refractivity contribution in [1.29, 1.82) is 0 Å². The summed E-state index contributed by atoms with van der Waals surface area (Å²) in [4.78, 5) is 25.1. The molecule has 0 spiro atoms. The van der Waals surface area contributed by atoms with Gasteiger partial charge in [-0.2, -0.15) is 0 Å². The maximum atomic E-state index is 11.9. The van der Waals surface area contributed by atoms with Gasteiger partial charge in [-0.25, -0.2) is 9.97 Å². The smallest absolute Gasteiger partial charge is 0.245 e. The Morgan fingerprint density at radius 2 is 2.03 bits per heavy atom. The van der Waals surface area contributed by atoms with E-state index in [0.717, 1.165) is 61.2 Å². The van der Waals surface area contributed by atoms with Crippen LogP contribution in [0.3, 0.4) is 0 Å². The minimum absolute atomic E-state index is 0.0177. The van der Waals surface area contributed by atoms with Crippen LogP contribution >= 0.6 is 11.6 Å². The maximum Gasteiger partial charge on any atom is 0.245 e. The number of nitrogen functional groups attached to an aromatic ring is 1. The highest BCUT2D eigenvalue weighted by Gasteiger charge is 2.34. The molecule has 2 N–H and O–H groups in total. The van der Waals surface area contributed by atoms with Gasteiger partial charge in [0.05, 0.1) is 24.1 Å². The molecule has 2 aliphatic heterocycles. The van der Waals surface area contributed by atoms with Crippen LogP contribution in [0.4, 0.5) is 5.82 Å². The number of carbonyl (C=O) groups is 1. The molecular formula is C29H33ClN6O3. The van der Waals surface area contributed by atoms with Gasteiger partial charge in [-0.15, -0.1) is 0 Å². The number of nitrogens with zero attached hydrogens (tertiary/aromatic N) is 5. The van der Waals surface area contributed by atoms with Crippen molar-refractivity contribution in [2.24, 2.45) is 5.92 Å². The van der Waals surface area contributed by atoms with E-state index in [0.29, 0.717) is 41.4 Å². The van der Waals surface area contributed by atoms with Gasteiger partial charge in [0.2, 0.25) is 5.91 Å². The minimum Gasteiger partial charge on any atom is -0.495 e. The molecule has 0 atom stereocenters. The number of halogens is 1. The standard InChI is InChI=1S/C29H33ClN6O3/c1-4-25(37)34-11-9-21(10-12-34)35-16-19(17-35)5-8-23-26(20-6-7-22(30)24(15-20)39-3)27-28(31)32-18-33-29(27)36(23)13-14-38-2/h4,6-7,15,18-19,21H,1,9-14,16-17H2,2-3H3,(H2,31,32,33). The Morgan fingerprint density at radius 3 is 2.72 bits per heavy atom. The van der Waals surface area contributed by atoms with Crippen LogP contribution in [0.1, 0.15) is 18.5 Å². The Labute approximate surface area is 233 Å². The third kappa shape index (κ3) is 5.33. The van der Waals surface area contributed by atoms with Crippen molar-refractivity contribution in [1.82, 2.24) is 24.3 Å². The van der Waals surface area contributed by atoms with Crippen LogP contribution in [-0.2, 0) is 16.1 Å². The molecule has 1 amide bonds. The van der Waals surface area contributed by atoms with Gasteiger partial charge in [-0.1, -0.05) is 30.2 Å². The van der Waals surface area contributed by atoms with E-state index in [1.165, 1.54) is 12.4 Å². The molecule has 0 unspecified atom stereocenters. The molecule has 0 bridgehead atoms. The van der Waals surface area contributed by atoms with Crippen LogP contribution in [-0.4, -0.2) is 83.3 Å². The highest BCUT2D eigenvalue weighted by molar-refractivity contribution is 6.32. The number of anilines is 1. The maximum absolute atomic E-state index is 11.9. The van der Waals surface area contributed by atoms with Gasteiger partial charge >= 0.3 is 0 Å². The zero-order valence-corrected chi connectivity index (χ0v) is 23.1. The molecule has 4 heterocycles. The van der Waals surface area contributed by atoms with E-state index in [1.54, 1.807) is 14.2 Å². The second-order valence-electron chi connectivity index (χ2n) is 9.86. The first-order chi connectivity index (χ1) is 18.9. The highest BCUT2D eigenvalue weighted by atomic mass is 35.5. The number of piperidine rings is 1. The Hall–Kier alpha value is -3.58. The molecule has 0 radical (unpaired) electrons. The van der Waals surface area contributed by atoms with Crippen molar-refractivity contribution >= 4 is 34.4 Å². The molecule has 5 rings (SSSR count). The average Bonchev–Trinajstić information content (AvgIpc) is 3.25. The predicted molar refractivity (Wildman–Crippen MR) is 153 cm³/mol. The van der Waals surface area contributed by atoms with Crippen molar-refractivity contribution in [2.75, 3.05) is 52.7 Å². The average molecular weight is 549 g/mol. The number of hydrogen-bond acceptors (Lipinski definition) is 7. The Morgan fingerprint density at radius 1 is 1.26 bits per heavy atom. The lowest BCUT2D eigenvalue weighted by Crippen LogP contribution is -2.55. The molecule has 39 heavy (non-hydrogen) atoms. The van der Waals surface area contributed by atoms with Gasteiger partial charge in [0, 0.05) is 57.4 Å². The van der Waals surface area contributed by atoms with E-state index in [4.69, 9.17) is 26.8 Å². The number of methoxy groups -OCH3 is 2. The monoisotopic (exact) mass is 548 g/mol. The summed E-state index contributed by atoms with van der Waals surface area (Å²) in [5.41, 5.74) is 9.66. The first-order valence-corrected chi connectivity index (χ1v) is 13.4. The predicted octanol–water partition coefficient (Wildman–Crippen LogP) is 3.45. The van der Waals surface area contributed by atoms with Gasteiger partial charge in [-0.3, -0.25) is 9.69 Å². The number of likely N-dealkylation sites (tertiary alicyclic amines) is 2. The second kappa shape index (κ2) is 11.7. The molecule has 204 valence electrons. The second-order valence-corrected chi connectivity index (χ2v) is 10.3. The van der Waals surface area contributed by atoms with E-state index >= 15 is 0 Å². The summed E-state index contributed by atoms with van der Waals surface area (Å²) in [6.45, 7) is 8.04. The quantitative estimate of drug-likeness (QED) is 0.356. The molecule has 2 saturated heterocycles. The number of amides is 1. The summed E-state index contributed by atoms with van der Waals surface area (Å²) in [6.07, 6.45) is 4.83. The molecule has 2 aromatic heterocycles. The van der Waals surface area contributed by atoms with E-state index in [2.05, 4.69) is 37.9 Å². The van der Waals surface area contributed by atoms with Crippen molar-refractivity contribution < 1.29 is 14.3 Å². The number of hydrogen-bond donors (Lipinski definition) is 1. The van der Waals surface area contributed by atoms with Crippen LogP contribution in [0, 0.1) is 17.8 Å². The van der Waals surface area contributed by atoms with Crippen LogP contribution in [0.25, 0.3) is 22.2 Å². The van der Waals surface area contributed by atoms with Gasteiger partial charge < -0.3 is 24.7 Å². The molecular weight excluding hydrogens is 516 g/mol. The lowest BCUT2D eigenvalue weighted by Gasteiger charge is -2.45. The lowest BCUT2D eigenvalue weighted by molar-refractivity contribution is -0.127. The van der Waals surface area contributed by atoms with Crippen molar-refractivity contribution in [3.8, 4) is 28.7 Å². The third-order valence-corrected chi connectivity index (χ3v) is 7.91. The molecule has 2 fully saturated rings. The molecule has 0 saturated carbocycles. The van der Waals surface area contributed by atoms with Crippen molar-refractivity contribution in [2.45, 2.75) is 25.4 Å². The number of carbonyl (C=O) groups excluding carboxylic acids is 1. The van der Waals surface area contributed by atoms with E-state index in [1.807, 2.05) is 23.1 Å². The highest BCUT2D eigenvalue weighted by Crippen LogP contribution is 2.39. The van der Waals surface area contributed by atoms with E-state index in [-0.39, 0.29) is 11.8 Å². The minimum atomic E-state index is 0.0177. The SMILES string of the molecule is C=CC(=O)N1CCC(N2CC(C#Cc3c(-c4ccc(Cl)c(OC)c4)c4c(N)ncnc4n3CCOC)C2)CC1. The molecule has 9 nitrogen and oxygen atoms in total. The largest absolute Gasteiger partial charge is 0.495 e. The summed E-state index contributed by atoms with van der Waals surface area (Å²) in [6, 6.07) is 6.12. The lowest BCUT2D eigenvalue weighted by atomic mass is 9.93. The molecule has 0 aliphatic carbocycles. The van der Waals surface area contributed by atoms with E-state index in [9.17, 15) is 4.79 Å². The van der Waals surface area contributed by atoms with Gasteiger partial charge in [0.25, 0.3) is 0 Å². The zero-order valence-electron chi connectivity index (χ0n) is 22.3. The fraction of sp³-hybridized carbons (Fsp3) is 0.414. The fourth-order valence-corrected chi connectivity index (χ4v) is 5.67. The summed E-state index contributed by atoms with van der Waals surface area (Å²) in [7, 11) is 3.26. The van der Waals surface area contributed by atoms with E-state index < -0.39 is 0 Å². The number of ether oxygens (including phenoxy) is 2. The molecule has 10 heteroatoms. The molecule has 2 aliphatic rings. The Kier molecular flexibility index (Phi) is 8.07. The van der Waals surface area contributed by atoms with Crippen LogP contribution in [0.5, 0.6) is 5.75 Å². The van der Waals surface area contributed by atoms with Crippen LogP contribution in [0.15, 0.2) is 37.2 Å². The summed E-state index contributed by atoms with van der Waals surface area (Å²) < 4.78 is 12.9. The summed E-state index contributed by atoms with van der Waals surface area (Å²) in [5, 5.41) is 1.27. The van der Waals surface area contributed by atoms with Crippen molar-refractivity contribution in [3.05, 3.63) is 47.9 Å². The number of fused-ring (bicyclic) bond motifs is 1. The zero-order chi connectivity index (χ0) is 27.5. The Balaban J connectivity index is 1.45. The number of nitrogens with two attached hydrogens (primary N) is 1. The molecule has 1 aromatic carbocycles. The topological polar surface area (TPSA) is 98.7 Å². The van der Waals surface area contributed by atoms with Crippen LogP contribution < -0.4 is 10.5 Å². The van der Waals surface area contributed by atoms with Gasteiger partial charge in [0.1, 0.15) is 29.2 Å². The first-order valence-electron chi connectivity index (χ1n) is 13.1. The fourth-order valence-electron chi connectivity index (χ4n) is 5.47. The van der Waals surface area contributed by atoms with Gasteiger partial charge in [-0.05, 0) is 42.5 Å². The number of rotatable bonds is 7. The molecule has 3 aromatic rings. The summed E-state index contributed by atoms with van der Waals surface area (Å²) in [5.74, 6) is 8.22. The normalized spacial score (nSPS) is 16.5. The van der Waals surface area contributed by atoms with Gasteiger partial charge in [0.15, 0.2) is 0 Å². The number of aromatic nitrogens is 3. The van der Waals surface area contributed by atoms with Crippen LogP contribution in [0.2, 0.25) is 5.02 Å². The number of benzene rings is 1.